The molecule has 1 aliphatic rings. The van der Waals surface area contributed by atoms with Crippen LogP contribution >= 0.6 is 11.8 Å². The number of nitrogens with one attached hydrogen (secondary N) is 1. The molecule has 6 nitrogen and oxygen atoms in total. The third kappa shape index (κ3) is 5.04. The first-order chi connectivity index (χ1) is 14.6. The van der Waals surface area contributed by atoms with Crippen LogP contribution in [0.4, 0.5) is 8.78 Å². The van der Waals surface area contributed by atoms with Gasteiger partial charge in [0.2, 0.25) is 5.88 Å². The van der Waals surface area contributed by atoms with Crippen LogP contribution in [0.15, 0.2) is 59.7 Å². The van der Waals surface area contributed by atoms with Crippen molar-refractivity contribution in [2.75, 3.05) is 12.3 Å². The van der Waals surface area contributed by atoms with Crippen LogP contribution in [0.2, 0.25) is 0 Å². The first-order valence-corrected chi connectivity index (χ1v) is 10.2. The predicted octanol–water partition coefficient (Wildman–Crippen LogP) is 3.62. The Hall–Kier alpha value is -3.20. The Bertz CT molecular complexity index is 1100. The molecule has 1 aliphatic heterocycles. The lowest BCUT2D eigenvalue weighted by Crippen LogP contribution is -2.27. The topological polar surface area (TPSA) is 68.5 Å². The number of hydrogen-bond acceptors (Lipinski definition) is 5. The van der Waals surface area contributed by atoms with Gasteiger partial charge in [0.25, 0.3) is 5.91 Å². The Labute approximate surface area is 176 Å². The highest BCUT2D eigenvalue weighted by Gasteiger charge is 2.21. The average molecular weight is 428 g/mol. The number of benzene rings is 2. The van der Waals surface area contributed by atoms with E-state index < -0.39 is 5.91 Å². The molecule has 2 heterocycles. The van der Waals surface area contributed by atoms with E-state index in [1.807, 2.05) is 0 Å². The van der Waals surface area contributed by atoms with E-state index in [2.05, 4.69) is 15.4 Å². The summed E-state index contributed by atoms with van der Waals surface area (Å²) in [4.78, 5) is 17.0. The minimum atomic E-state index is -0.400. The number of carbonyl (C=O) groups excluding carboxylic acids is 1. The van der Waals surface area contributed by atoms with Crippen LogP contribution in [-0.4, -0.2) is 33.2 Å². The molecule has 0 saturated heterocycles. The highest BCUT2D eigenvalue weighted by molar-refractivity contribution is 8.14. The Kier molecular flexibility index (Phi) is 6.08. The van der Waals surface area contributed by atoms with E-state index in [1.54, 1.807) is 30.5 Å². The van der Waals surface area contributed by atoms with E-state index >= 15 is 0 Å². The summed E-state index contributed by atoms with van der Waals surface area (Å²) in [6.45, 7) is 0.962. The largest absolute Gasteiger partial charge is 0.471 e. The summed E-state index contributed by atoms with van der Waals surface area (Å²) >= 11 is 1.46. The maximum atomic E-state index is 13.5. The molecule has 1 amide bonds. The van der Waals surface area contributed by atoms with Crippen molar-refractivity contribution in [1.82, 2.24) is 15.1 Å². The van der Waals surface area contributed by atoms with Crippen LogP contribution in [0, 0.1) is 11.6 Å². The molecular weight excluding hydrogens is 410 g/mol. The molecule has 0 bridgehead atoms. The summed E-state index contributed by atoms with van der Waals surface area (Å²) in [5.74, 6) is -0.199. The lowest BCUT2D eigenvalue weighted by atomic mass is 10.2. The molecule has 2 aromatic carbocycles. The summed E-state index contributed by atoms with van der Waals surface area (Å²) in [6.07, 6.45) is 1.54. The lowest BCUT2D eigenvalue weighted by molar-refractivity contribution is 0.0973. The number of aliphatic imine (C=N–C) groups is 1. The van der Waals surface area contributed by atoms with Crippen LogP contribution in [0.1, 0.15) is 21.5 Å². The second kappa shape index (κ2) is 9.08. The van der Waals surface area contributed by atoms with Gasteiger partial charge in [0.05, 0.1) is 13.1 Å². The second-order valence-electron chi connectivity index (χ2n) is 6.58. The van der Waals surface area contributed by atoms with Crippen molar-refractivity contribution in [2.45, 2.75) is 13.2 Å². The zero-order chi connectivity index (χ0) is 20.9. The smallest absolute Gasteiger partial charge is 0.264 e. The molecule has 1 N–H and O–H groups in total. The third-order valence-corrected chi connectivity index (χ3v) is 5.17. The standard InChI is InChI=1S/C21H18F2N4O2S/c22-16-5-1-3-14(9-16)11-27-12-18(19(28)25-21-24-7-8-30-21)20(26-27)29-13-15-4-2-6-17(23)10-15/h1-6,9-10,12H,7-8,11,13H2,(H,24,25,28). The average Bonchev–Trinajstić information content (AvgIpc) is 3.36. The Balaban J connectivity index is 1.56. The van der Waals surface area contributed by atoms with Gasteiger partial charge in [0.1, 0.15) is 23.8 Å². The van der Waals surface area contributed by atoms with E-state index in [9.17, 15) is 13.6 Å². The van der Waals surface area contributed by atoms with Gasteiger partial charge >= 0.3 is 0 Å². The monoisotopic (exact) mass is 428 g/mol. The van der Waals surface area contributed by atoms with Gasteiger partial charge in [-0.1, -0.05) is 36.0 Å². The Morgan fingerprint density at radius 2 is 1.87 bits per heavy atom. The molecule has 0 radical (unpaired) electrons. The fourth-order valence-electron chi connectivity index (χ4n) is 2.92. The zero-order valence-electron chi connectivity index (χ0n) is 15.8. The summed E-state index contributed by atoms with van der Waals surface area (Å²) in [6, 6.07) is 12.1. The van der Waals surface area contributed by atoms with Crippen LogP contribution in [-0.2, 0) is 13.2 Å². The van der Waals surface area contributed by atoms with Gasteiger partial charge in [-0.05, 0) is 35.4 Å². The van der Waals surface area contributed by atoms with E-state index in [1.165, 1.54) is 40.7 Å². The van der Waals surface area contributed by atoms with Crippen LogP contribution in [0.5, 0.6) is 5.88 Å². The summed E-state index contributed by atoms with van der Waals surface area (Å²) < 4.78 is 34.1. The minimum absolute atomic E-state index is 0.0463. The van der Waals surface area contributed by atoms with E-state index in [-0.39, 0.29) is 36.2 Å². The highest BCUT2D eigenvalue weighted by atomic mass is 32.2. The fraction of sp³-hybridized carbons (Fsp3) is 0.190. The number of rotatable bonds is 6. The van der Waals surface area contributed by atoms with E-state index in [0.29, 0.717) is 22.8 Å². The van der Waals surface area contributed by atoms with Gasteiger partial charge in [-0.2, -0.15) is 0 Å². The molecule has 0 spiro atoms. The number of ether oxygens (including phenoxy) is 1. The number of carbonyl (C=O) groups is 1. The van der Waals surface area contributed by atoms with Gasteiger partial charge in [0.15, 0.2) is 5.17 Å². The van der Waals surface area contributed by atoms with Crippen molar-refractivity contribution < 1.29 is 18.3 Å². The molecule has 154 valence electrons. The molecule has 3 aromatic rings. The number of nitrogens with zero attached hydrogens (tertiary/aromatic N) is 3. The number of hydrogen-bond donors (Lipinski definition) is 1. The number of halogens is 2. The SMILES string of the molecule is O=C(NC1=NCCS1)c1cn(Cc2cccc(F)c2)nc1OCc1cccc(F)c1. The molecule has 0 unspecified atom stereocenters. The van der Waals surface area contributed by atoms with Gasteiger partial charge in [-0.15, -0.1) is 5.10 Å². The molecule has 0 saturated carbocycles. The van der Waals surface area contributed by atoms with Crippen molar-refractivity contribution in [2.24, 2.45) is 4.99 Å². The maximum absolute atomic E-state index is 13.5. The number of amidine groups is 1. The Morgan fingerprint density at radius 1 is 1.13 bits per heavy atom. The normalized spacial score (nSPS) is 13.2. The molecule has 4 rings (SSSR count). The van der Waals surface area contributed by atoms with Gasteiger partial charge in [0, 0.05) is 11.9 Å². The lowest BCUT2D eigenvalue weighted by Gasteiger charge is -2.06. The van der Waals surface area contributed by atoms with E-state index in [4.69, 9.17) is 4.74 Å². The molecule has 0 fully saturated rings. The van der Waals surface area contributed by atoms with Crippen molar-refractivity contribution >= 4 is 22.8 Å². The fourth-order valence-corrected chi connectivity index (χ4v) is 3.65. The summed E-state index contributed by atoms with van der Waals surface area (Å²) in [5.41, 5.74) is 1.52. The Morgan fingerprint density at radius 3 is 2.57 bits per heavy atom. The van der Waals surface area contributed by atoms with Crippen LogP contribution in [0.3, 0.4) is 0 Å². The van der Waals surface area contributed by atoms with Crippen molar-refractivity contribution in [1.29, 1.82) is 0 Å². The van der Waals surface area contributed by atoms with Gasteiger partial charge < -0.3 is 10.1 Å². The maximum Gasteiger partial charge on any atom is 0.264 e. The van der Waals surface area contributed by atoms with E-state index in [0.717, 1.165) is 5.75 Å². The number of aromatic nitrogens is 2. The van der Waals surface area contributed by atoms with Gasteiger partial charge in [-0.3, -0.25) is 14.5 Å². The third-order valence-electron chi connectivity index (χ3n) is 4.28. The first kappa shape index (κ1) is 20.1. The van der Waals surface area contributed by atoms with Crippen LogP contribution < -0.4 is 10.1 Å². The number of amides is 1. The minimum Gasteiger partial charge on any atom is -0.471 e. The predicted molar refractivity (Wildman–Crippen MR) is 111 cm³/mol. The van der Waals surface area contributed by atoms with Crippen molar-refractivity contribution in [3.63, 3.8) is 0 Å². The molecule has 1 aromatic heterocycles. The molecule has 30 heavy (non-hydrogen) atoms. The number of thioether (sulfide) groups is 1. The first-order valence-electron chi connectivity index (χ1n) is 9.24. The molecule has 9 heteroatoms. The van der Waals surface area contributed by atoms with Gasteiger partial charge in [-0.25, -0.2) is 8.78 Å². The van der Waals surface area contributed by atoms with Crippen molar-refractivity contribution in [3.05, 3.63) is 83.1 Å². The second-order valence-corrected chi connectivity index (χ2v) is 7.67. The molecular formula is C21H18F2N4O2S. The van der Waals surface area contributed by atoms with Crippen molar-refractivity contribution in [3.8, 4) is 5.88 Å². The molecule has 0 aliphatic carbocycles. The zero-order valence-corrected chi connectivity index (χ0v) is 16.7. The summed E-state index contributed by atoms with van der Waals surface area (Å²) in [7, 11) is 0. The quantitative estimate of drug-likeness (QED) is 0.651. The van der Waals surface area contributed by atoms with Crippen LogP contribution in [0.25, 0.3) is 0 Å². The summed E-state index contributed by atoms with van der Waals surface area (Å²) in [5, 5.41) is 7.64. The highest BCUT2D eigenvalue weighted by Crippen LogP contribution is 2.20. The molecule has 0 atom stereocenters.